The van der Waals surface area contributed by atoms with Gasteiger partial charge in [-0.05, 0) is 0 Å². The third kappa shape index (κ3) is 1.32. The number of nitrogens with zero attached hydrogens (tertiary/aromatic N) is 1. The van der Waals surface area contributed by atoms with Gasteiger partial charge in [-0.25, -0.2) is 0 Å². The summed E-state index contributed by atoms with van der Waals surface area (Å²) in [4.78, 5) is 0. The summed E-state index contributed by atoms with van der Waals surface area (Å²) in [5, 5.41) is 11.9. The van der Waals surface area contributed by atoms with Gasteiger partial charge in [0.15, 0.2) is 4.38 Å². The molecule has 1 fully saturated rings. The average Bonchev–Trinajstić information content (AvgIpc) is 2.14. The highest BCUT2D eigenvalue weighted by Crippen LogP contribution is 2.31. The summed E-state index contributed by atoms with van der Waals surface area (Å²) in [6.45, 7) is 2.12. The second-order valence-corrected chi connectivity index (χ2v) is 4.30. The van der Waals surface area contributed by atoms with Crippen LogP contribution in [0.15, 0.2) is 5.16 Å². The predicted octanol–water partition coefficient (Wildman–Crippen LogP) is 1.60. The van der Waals surface area contributed by atoms with Crippen molar-refractivity contribution in [3.8, 4) is 0 Å². The third-order valence-corrected chi connectivity index (χ3v) is 3.53. The fraction of sp³-hybridized carbons (Fsp3) is 0.750. The fourth-order valence-electron chi connectivity index (χ4n) is 0.481. The minimum absolute atomic E-state index is 0.617. The Balaban J connectivity index is 2.44. The number of hydrogen-bond acceptors (Lipinski definition) is 4. The molecule has 4 heteroatoms. The summed E-state index contributed by atoms with van der Waals surface area (Å²) in [5.74, 6) is 1.07. The van der Waals surface area contributed by atoms with E-state index in [2.05, 4.69) is 12.1 Å². The summed E-state index contributed by atoms with van der Waals surface area (Å²) >= 11 is 3.24. The molecule has 1 heterocycles. The van der Waals surface area contributed by atoms with Crippen LogP contribution in [0.4, 0.5) is 0 Å². The largest absolute Gasteiger partial charge is 0.410 e. The first-order chi connectivity index (χ1) is 3.83. The summed E-state index contributed by atoms with van der Waals surface area (Å²) in [6, 6.07) is 0. The van der Waals surface area contributed by atoms with Crippen LogP contribution in [0.2, 0.25) is 0 Å². The smallest absolute Gasteiger partial charge is 0.169 e. The normalized spacial score (nSPS) is 34.1. The van der Waals surface area contributed by atoms with Gasteiger partial charge >= 0.3 is 0 Å². The van der Waals surface area contributed by atoms with Gasteiger partial charge in [-0.15, -0.1) is 0 Å². The van der Waals surface area contributed by atoms with Crippen molar-refractivity contribution in [3.63, 3.8) is 0 Å². The van der Waals surface area contributed by atoms with E-state index in [1.54, 1.807) is 23.5 Å². The van der Waals surface area contributed by atoms with Gasteiger partial charge in [0, 0.05) is 11.0 Å². The van der Waals surface area contributed by atoms with E-state index in [1.165, 1.54) is 0 Å². The van der Waals surface area contributed by atoms with Crippen LogP contribution in [0.5, 0.6) is 0 Å². The van der Waals surface area contributed by atoms with E-state index in [0.29, 0.717) is 5.25 Å². The highest BCUT2D eigenvalue weighted by Gasteiger charge is 2.17. The SMILES string of the molecule is CC1CSC(=NO)S1. The molecule has 0 aromatic rings. The Bertz CT molecular complexity index is 115. The van der Waals surface area contributed by atoms with Crippen molar-refractivity contribution < 1.29 is 5.21 Å². The molecule has 0 saturated carbocycles. The molecule has 0 aromatic heterocycles. The Kier molecular flexibility index (Phi) is 2.08. The van der Waals surface area contributed by atoms with Gasteiger partial charge in [0.05, 0.1) is 0 Å². The van der Waals surface area contributed by atoms with E-state index in [1.807, 2.05) is 0 Å². The molecule has 2 nitrogen and oxygen atoms in total. The Morgan fingerprint density at radius 2 is 2.62 bits per heavy atom. The molecule has 0 aromatic carbocycles. The lowest BCUT2D eigenvalue weighted by atomic mass is 10.6. The zero-order valence-corrected chi connectivity index (χ0v) is 6.13. The number of rotatable bonds is 0. The van der Waals surface area contributed by atoms with E-state index < -0.39 is 0 Å². The van der Waals surface area contributed by atoms with Crippen LogP contribution in [0.25, 0.3) is 0 Å². The average molecular weight is 149 g/mol. The van der Waals surface area contributed by atoms with E-state index in [9.17, 15) is 0 Å². The number of oxime groups is 1. The molecule has 0 radical (unpaired) electrons. The van der Waals surface area contributed by atoms with Gasteiger partial charge < -0.3 is 5.21 Å². The maximum absolute atomic E-state index is 8.23. The number of hydrogen-bond donors (Lipinski definition) is 1. The summed E-state index contributed by atoms with van der Waals surface area (Å²) in [5.41, 5.74) is 0. The summed E-state index contributed by atoms with van der Waals surface area (Å²) in [6.07, 6.45) is 0. The molecule has 1 aliphatic rings. The fourth-order valence-corrected chi connectivity index (χ4v) is 2.75. The minimum Gasteiger partial charge on any atom is -0.410 e. The Labute approximate surface area is 56.7 Å². The van der Waals surface area contributed by atoms with Crippen molar-refractivity contribution in [1.29, 1.82) is 0 Å². The molecule has 1 rings (SSSR count). The van der Waals surface area contributed by atoms with Crippen LogP contribution in [-0.4, -0.2) is 20.6 Å². The summed E-state index contributed by atoms with van der Waals surface area (Å²) < 4.78 is 0.803. The van der Waals surface area contributed by atoms with Crippen LogP contribution >= 0.6 is 23.5 Å². The zero-order chi connectivity index (χ0) is 5.98. The Morgan fingerprint density at radius 1 is 1.88 bits per heavy atom. The van der Waals surface area contributed by atoms with Crippen LogP contribution in [0, 0.1) is 0 Å². The number of thioether (sulfide) groups is 2. The lowest BCUT2D eigenvalue weighted by Gasteiger charge is -1.89. The molecule has 1 saturated heterocycles. The first kappa shape index (κ1) is 6.29. The maximum Gasteiger partial charge on any atom is 0.169 e. The highest BCUT2D eigenvalue weighted by molar-refractivity contribution is 8.41. The van der Waals surface area contributed by atoms with Crippen molar-refractivity contribution in [2.75, 3.05) is 5.75 Å². The molecule has 0 aliphatic carbocycles. The molecule has 0 amide bonds. The third-order valence-electron chi connectivity index (χ3n) is 0.825. The van der Waals surface area contributed by atoms with Crippen molar-refractivity contribution in [3.05, 3.63) is 0 Å². The molecule has 46 valence electrons. The second kappa shape index (κ2) is 2.64. The van der Waals surface area contributed by atoms with E-state index in [4.69, 9.17) is 5.21 Å². The lowest BCUT2D eigenvalue weighted by Crippen LogP contribution is -1.89. The summed E-state index contributed by atoms with van der Waals surface area (Å²) in [7, 11) is 0. The molecule has 8 heavy (non-hydrogen) atoms. The standard InChI is InChI=1S/C4H7NOS2/c1-3-2-7-4(5-6)8-3/h3,6H,2H2,1H3. The van der Waals surface area contributed by atoms with Crippen molar-refractivity contribution >= 4 is 27.9 Å². The monoisotopic (exact) mass is 149 g/mol. The van der Waals surface area contributed by atoms with E-state index in [-0.39, 0.29) is 0 Å². The van der Waals surface area contributed by atoms with Crippen molar-refractivity contribution in [2.45, 2.75) is 12.2 Å². The molecular formula is C4H7NOS2. The predicted molar refractivity (Wildman–Crippen MR) is 38.7 cm³/mol. The van der Waals surface area contributed by atoms with Gasteiger partial charge in [-0.3, -0.25) is 0 Å². The highest BCUT2D eigenvalue weighted by atomic mass is 32.2. The minimum atomic E-state index is 0.617. The first-order valence-electron chi connectivity index (χ1n) is 2.34. The zero-order valence-electron chi connectivity index (χ0n) is 4.50. The molecule has 1 N–H and O–H groups in total. The second-order valence-electron chi connectivity index (χ2n) is 1.61. The van der Waals surface area contributed by atoms with Crippen LogP contribution < -0.4 is 0 Å². The van der Waals surface area contributed by atoms with Gasteiger partial charge in [0.25, 0.3) is 0 Å². The lowest BCUT2D eigenvalue weighted by molar-refractivity contribution is 0.322. The first-order valence-corrected chi connectivity index (χ1v) is 4.21. The quantitative estimate of drug-likeness (QED) is 0.419. The molecule has 1 aliphatic heterocycles. The molecule has 0 spiro atoms. The van der Waals surface area contributed by atoms with Gasteiger partial charge in [0.2, 0.25) is 0 Å². The topological polar surface area (TPSA) is 32.6 Å². The Hall–Kier alpha value is 0.170. The molecule has 1 atom stereocenters. The van der Waals surface area contributed by atoms with E-state index in [0.717, 1.165) is 10.1 Å². The van der Waals surface area contributed by atoms with Gasteiger partial charge in [-0.1, -0.05) is 35.6 Å². The molecule has 0 bridgehead atoms. The van der Waals surface area contributed by atoms with Crippen molar-refractivity contribution in [2.24, 2.45) is 5.16 Å². The maximum atomic E-state index is 8.23. The molecule has 1 unspecified atom stereocenters. The van der Waals surface area contributed by atoms with Crippen LogP contribution in [0.1, 0.15) is 6.92 Å². The van der Waals surface area contributed by atoms with Crippen molar-refractivity contribution in [1.82, 2.24) is 0 Å². The molecular weight excluding hydrogens is 142 g/mol. The van der Waals surface area contributed by atoms with Crippen LogP contribution in [-0.2, 0) is 0 Å². The van der Waals surface area contributed by atoms with Gasteiger partial charge in [0.1, 0.15) is 0 Å². The van der Waals surface area contributed by atoms with E-state index >= 15 is 0 Å². The van der Waals surface area contributed by atoms with Gasteiger partial charge in [-0.2, -0.15) is 0 Å². The van der Waals surface area contributed by atoms with Crippen LogP contribution in [0.3, 0.4) is 0 Å². The Morgan fingerprint density at radius 3 is 2.88 bits per heavy atom.